The summed E-state index contributed by atoms with van der Waals surface area (Å²) < 4.78 is 5.94. The van der Waals surface area contributed by atoms with Gasteiger partial charge in [-0.05, 0) is 32.9 Å². The second-order valence-corrected chi connectivity index (χ2v) is 5.79. The predicted octanol–water partition coefficient (Wildman–Crippen LogP) is 3.09. The molecular weight excluding hydrogens is 314 g/mol. The zero-order chi connectivity index (χ0) is 17.6. The van der Waals surface area contributed by atoms with Crippen LogP contribution in [0.1, 0.15) is 29.8 Å². The molecule has 2 heterocycles. The minimum absolute atomic E-state index is 0.498. The normalized spacial score (nSPS) is 11.7. The lowest BCUT2D eigenvalue weighted by molar-refractivity contribution is 0.534. The molecule has 3 aromatic rings. The Morgan fingerprint density at radius 2 is 2.00 bits per heavy atom. The summed E-state index contributed by atoms with van der Waals surface area (Å²) in [6, 6.07) is 9.95. The molecule has 2 N–H and O–H groups in total. The van der Waals surface area contributed by atoms with Gasteiger partial charge in [-0.1, -0.05) is 18.2 Å². The van der Waals surface area contributed by atoms with Gasteiger partial charge in [-0.25, -0.2) is 15.0 Å². The molecule has 0 fully saturated rings. The van der Waals surface area contributed by atoms with Crippen LogP contribution < -0.4 is 10.6 Å². The third-order valence-electron chi connectivity index (χ3n) is 3.94. The monoisotopic (exact) mass is 337 g/mol. The van der Waals surface area contributed by atoms with Gasteiger partial charge in [0.25, 0.3) is 0 Å². The Morgan fingerprint density at radius 3 is 2.76 bits per heavy atom. The Hall–Kier alpha value is -2.89. The molecule has 0 saturated carbocycles. The molecule has 130 valence electrons. The maximum atomic E-state index is 5.94. The van der Waals surface area contributed by atoms with Crippen LogP contribution in [0.25, 0.3) is 11.0 Å². The number of nitrogens with one attached hydrogen (secondary N) is 2. The Balaban J connectivity index is 1.70. The molecule has 3 rings (SSSR count). The molecule has 0 atom stereocenters. The Kier molecular flexibility index (Phi) is 5.28. The highest BCUT2D eigenvalue weighted by Gasteiger charge is 2.10. The standard InChI is InChI=1S/C19H23N5O/c1-4-20-19(22-11-15-9-10-21-14(3)24-15)23-12-18-13(2)16-7-5-6-8-17(16)25-18/h5-10H,4,11-12H2,1-3H3,(H2,20,22,23). The van der Waals surface area contributed by atoms with E-state index >= 15 is 0 Å². The topological polar surface area (TPSA) is 75.3 Å². The molecule has 6 heteroatoms. The zero-order valence-electron chi connectivity index (χ0n) is 14.8. The summed E-state index contributed by atoms with van der Waals surface area (Å²) in [6.45, 7) is 7.86. The first-order valence-corrected chi connectivity index (χ1v) is 8.45. The van der Waals surface area contributed by atoms with Crippen molar-refractivity contribution in [2.75, 3.05) is 6.54 Å². The van der Waals surface area contributed by atoms with E-state index in [2.05, 4.69) is 38.6 Å². The summed E-state index contributed by atoms with van der Waals surface area (Å²) in [5, 5.41) is 7.72. The first-order valence-electron chi connectivity index (χ1n) is 8.45. The molecule has 2 aromatic heterocycles. The van der Waals surface area contributed by atoms with Crippen LogP contribution in [-0.4, -0.2) is 22.5 Å². The predicted molar refractivity (Wildman–Crippen MR) is 99.4 cm³/mol. The molecule has 0 unspecified atom stereocenters. The van der Waals surface area contributed by atoms with Crippen molar-refractivity contribution in [3.8, 4) is 0 Å². The zero-order valence-corrected chi connectivity index (χ0v) is 14.8. The first-order chi connectivity index (χ1) is 12.2. The smallest absolute Gasteiger partial charge is 0.192 e. The Bertz CT molecular complexity index is 884. The number of aryl methyl sites for hydroxylation is 2. The van der Waals surface area contributed by atoms with Crippen LogP contribution in [0.3, 0.4) is 0 Å². The summed E-state index contributed by atoms with van der Waals surface area (Å²) in [5.41, 5.74) is 2.96. The largest absolute Gasteiger partial charge is 0.459 e. The van der Waals surface area contributed by atoms with E-state index in [1.54, 1.807) is 6.20 Å². The summed E-state index contributed by atoms with van der Waals surface area (Å²) >= 11 is 0. The van der Waals surface area contributed by atoms with E-state index in [0.29, 0.717) is 13.1 Å². The van der Waals surface area contributed by atoms with Gasteiger partial charge in [0.2, 0.25) is 0 Å². The van der Waals surface area contributed by atoms with Crippen LogP contribution in [0.5, 0.6) is 0 Å². The molecule has 6 nitrogen and oxygen atoms in total. The third-order valence-corrected chi connectivity index (χ3v) is 3.94. The van der Waals surface area contributed by atoms with Gasteiger partial charge in [0, 0.05) is 23.7 Å². The lowest BCUT2D eigenvalue weighted by Gasteiger charge is -2.10. The highest BCUT2D eigenvalue weighted by Crippen LogP contribution is 2.24. The minimum Gasteiger partial charge on any atom is -0.459 e. The number of para-hydroxylation sites is 1. The molecule has 0 aliphatic heterocycles. The van der Waals surface area contributed by atoms with Crippen molar-refractivity contribution in [1.29, 1.82) is 0 Å². The molecule has 0 spiro atoms. The maximum absolute atomic E-state index is 5.94. The Morgan fingerprint density at radius 1 is 1.16 bits per heavy atom. The number of guanidine groups is 1. The molecule has 0 saturated heterocycles. The number of aliphatic imine (C=N–C) groups is 1. The highest BCUT2D eigenvalue weighted by molar-refractivity contribution is 5.83. The minimum atomic E-state index is 0.498. The van der Waals surface area contributed by atoms with E-state index in [9.17, 15) is 0 Å². The first kappa shape index (κ1) is 17.0. The van der Waals surface area contributed by atoms with E-state index in [0.717, 1.165) is 46.3 Å². The quantitative estimate of drug-likeness (QED) is 0.553. The molecule has 0 bridgehead atoms. The second-order valence-electron chi connectivity index (χ2n) is 5.79. The number of rotatable bonds is 5. The van der Waals surface area contributed by atoms with Crippen molar-refractivity contribution in [2.24, 2.45) is 4.99 Å². The summed E-state index contributed by atoms with van der Waals surface area (Å²) in [5.74, 6) is 2.41. The SMILES string of the molecule is CCNC(=NCc1ccnc(C)n1)NCc1oc2ccccc2c1C. The lowest BCUT2D eigenvalue weighted by Crippen LogP contribution is -2.36. The van der Waals surface area contributed by atoms with E-state index in [1.807, 2.05) is 38.1 Å². The van der Waals surface area contributed by atoms with E-state index in [-0.39, 0.29) is 0 Å². The van der Waals surface area contributed by atoms with Crippen LogP contribution in [-0.2, 0) is 13.1 Å². The number of hydrogen-bond donors (Lipinski definition) is 2. The second kappa shape index (κ2) is 7.79. The summed E-state index contributed by atoms with van der Waals surface area (Å²) in [7, 11) is 0. The van der Waals surface area contributed by atoms with Gasteiger partial charge >= 0.3 is 0 Å². The van der Waals surface area contributed by atoms with Gasteiger partial charge < -0.3 is 15.1 Å². The fraction of sp³-hybridized carbons (Fsp3) is 0.316. The van der Waals surface area contributed by atoms with Gasteiger partial charge in [0.05, 0.1) is 18.8 Å². The summed E-state index contributed by atoms with van der Waals surface area (Å²) in [4.78, 5) is 13.1. The van der Waals surface area contributed by atoms with Crippen molar-refractivity contribution in [1.82, 2.24) is 20.6 Å². The van der Waals surface area contributed by atoms with Crippen LogP contribution in [0.15, 0.2) is 45.9 Å². The lowest BCUT2D eigenvalue weighted by atomic mass is 10.1. The average molecular weight is 337 g/mol. The van der Waals surface area contributed by atoms with Crippen LogP contribution in [0.4, 0.5) is 0 Å². The number of nitrogens with zero attached hydrogens (tertiary/aromatic N) is 3. The van der Waals surface area contributed by atoms with Gasteiger partial charge in [0.15, 0.2) is 5.96 Å². The number of hydrogen-bond acceptors (Lipinski definition) is 4. The van der Waals surface area contributed by atoms with Crippen molar-refractivity contribution in [3.05, 3.63) is 59.4 Å². The number of furan rings is 1. The van der Waals surface area contributed by atoms with E-state index in [4.69, 9.17) is 4.42 Å². The van der Waals surface area contributed by atoms with Crippen LogP contribution >= 0.6 is 0 Å². The van der Waals surface area contributed by atoms with Crippen molar-refractivity contribution in [2.45, 2.75) is 33.9 Å². The molecule has 1 aromatic carbocycles. The molecule has 0 radical (unpaired) electrons. The number of aromatic nitrogens is 2. The van der Waals surface area contributed by atoms with Gasteiger partial charge in [-0.2, -0.15) is 0 Å². The van der Waals surface area contributed by atoms with Crippen molar-refractivity contribution < 1.29 is 4.42 Å². The fourth-order valence-electron chi connectivity index (χ4n) is 2.65. The molecule has 25 heavy (non-hydrogen) atoms. The molecule has 0 aliphatic rings. The Labute approximate surface area is 147 Å². The summed E-state index contributed by atoms with van der Waals surface area (Å²) in [6.07, 6.45) is 1.76. The molecule has 0 aliphatic carbocycles. The van der Waals surface area contributed by atoms with Crippen LogP contribution in [0, 0.1) is 13.8 Å². The number of benzene rings is 1. The van der Waals surface area contributed by atoms with Crippen molar-refractivity contribution in [3.63, 3.8) is 0 Å². The molecular formula is C19H23N5O. The highest BCUT2D eigenvalue weighted by atomic mass is 16.3. The number of fused-ring (bicyclic) bond motifs is 1. The van der Waals surface area contributed by atoms with Gasteiger partial charge in [-0.15, -0.1) is 0 Å². The molecule has 0 amide bonds. The maximum Gasteiger partial charge on any atom is 0.192 e. The fourth-order valence-corrected chi connectivity index (χ4v) is 2.65. The van der Waals surface area contributed by atoms with E-state index < -0.39 is 0 Å². The third kappa shape index (κ3) is 4.15. The van der Waals surface area contributed by atoms with Gasteiger partial charge in [0.1, 0.15) is 17.2 Å². The van der Waals surface area contributed by atoms with E-state index in [1.165, 1.54) is 0 Å². The van der Waals surface area contributed by atoms with Gasteiger partial charge in [-0.3, -0.25) is 0 Å². The van der Waals surface area contributed by atoms with Crippen LogP contribution in [0.2, 0.25) is 0 Å². The average Bonchev–Trinajstić information content (AvgIpc) is 2.94. The van der Waals surface area contributed by atoms with Crippen molar-refractivity contribution >= 4 is 16.9 Å².